The van der Waals surface area contributed by atoms with E-state index in [1.54, 1.807) is 66.6 Å². The van der Waals surface area contributed by atoms with Crippen LogP contribution < -0.4 is 19.7 Å². The van der Waals surface area contributed by atoms with E-state index in [2.05, 4.69) is 10.2 Å². The minimum Gasteiger partial charge on any atom is -0.497 e. The maximum atomic E-state index is 15.1. The lowest BCUT2D eigenvalue weighted by atomic mass is 10.0. The molecule has 0 saturated carbocycles. The van der Waals surface area contributed by atoms with Crippen LogP contribution in [0.25, 0.3) is 11.1 Å². The van der Waals surface area contributed by atoms with Crippen molar-refractivity contribution < 1.29 is 23.5 Å². The highest BCUT2D eigenvalue weighted by Gasteiger charge is 2.23. The largest absolute Gasteiger partial charge is 0.497 e. The van der Waals surface area contributed by atoms with Crippen LogP contribution in [0.2, 0.25) is 0 Å². The van der Waals surface area contributed by atoms with Crippen molar-refractivity contribution in [2.75, 3.05) is 50.1 Å². The molecule has 0 unspecified atom stereocenters. The van der Waals surface area contributed by atoms with Gasteiger partial charge in [0.25, 0.3) is 11.8 Å². The summed E-state index contributed by atoms with van der Waals surface area (Å²) in [6.07, 6.45) is 0. The zero-order valence-electron chi connectivity index (χ0n) is 23.1. The predicted octanol–water partition coefficient (Wildman–Crippen LogP) is 6.11. The van der Waals surface area contributed by atoms with Crippen LogP contribution in [0.4, 0.5) is 15.8 Å². The number of rotatable bonds is 8. The van der Waals surface area contributed by atoms with Crippen molar-refractivity contribution >= 4 is 23.2 Å². The van der Waals surface area contributed by atoms with E-state index in [1.807, 2.05) is 37.3 Å². The van der Waals surface area contributed by atoms with Crippen LogP contribution in [-0.4, -0.2) is 56.6 Å². The highest BCUT2D eigenvalue weighted by atomic mass is 19.1. The van der Waals surface area contributed by atoms with Crippen LogP contribution >= 0.6 is 0 Å². The van der Waals surface area contributed by atoms with Gasteiger partial charge >= 0.3 is 0 Å². The zero-order valence-corrected chi connectivity index (χ0v) is 23.1. The molecule has 210 valence electrons. The van der Waals surface area contributed by atoms with E-state index in [4.69, 9.17) is 9.47 Å². The van der Waals surface area contributed by atoms with Crippen molar-refractivity contribution in [2.45, 2.75) is 6.92 Å². The number of methoxy groups -OCH3 is 1. The number of anilines is 2. The van der Waals surface area contributed by atoms with Crippen LogP contribution in [0.5, 0.6) is 11.5 Å². The summed E-state index contributed by atoms with van der Waals surface area (Å²) >= 11 is 0. The van der Waals surface area contributed by atoms with Gasteiger partial charge in [-0.25, -0.2) is 4.39 Å². The molecule has 5 rings (SSSR count). The molecule has 8 heteroatoms. The Balaban J connectivity index is 1.17. The Morgan fingerprint density at radius 2 is 1.54 bits per heavy atom. The molecule has 1 saturated heterocycles. The molecule has 4 aromatic carbocycles. The zero-order chi connectivity index (χ0) is 28.8. The molecule has 41 heavy (non-hydrogen) atoms. The van der Waals surface area contributed by atoms with E-state index in [0.717, 1.165) is 11.4 Å². The third kappa shape index (κ3) is 6.49. The lowest BCUT2D eigenvalue weighted by molar-refractivity contribution is 0.0746. The van der Waals surface area contributed by atoms with Crippen LogP contribution in [0.15, 0.2) is 91.0 Å². The van der Waals surface area contributed by atoms with E-state index in [-0.39, 0.29) is 11.8 Å². The number of halogens is 1. The number of amides is 2. The molecule has 0 radical (unpaired) electrons. The Bertz CT molecular complexity index is 1510. The smallest absolute Gasteiger partial charge is 0.255 e. The Labute approximate surface area is 239 Å². The molecule has 1 aliphatic rings. The maximum Gasteiger partial charge on any atom is 0.255 e. The minimum absolute atomic E-state index is 0.191. The predicted molar refractivity (Wildman–Crippen MR) is 159 cm³/mol. The maximum absolute atomic E-state index is 15.1. The van der Waals surface area contributed by atoms with Gasteiger partial charge in [-0.05, 0) is 85.3 Å². The van der Waals surface area contributed by atoms with Gasteiger partial charge in [0, 0.05) is 54.2 Å². The van der Waals surface area contributed by atoms with Crippen LogP contribution in [0, 0.1) is 5.82 Å². The number of hydrogen-bond donors (Lipinski definition) is 1. The average molecular weight is 554 g/mol. The summed E-state index contributed by atoms with van der Waals surface area (Å²) in [6.45, 7) is 4.72. The Hall–Kier alpha value is -4.85. The van der Waals surface area contributed by atoms with Gasteiger partial charge in [-0.3, -0.25) is 9.59 Å². The molecular formula is C33H32FN3O4. The van der Waals surface area contributed by atoms with Crippen molar-refractivity contribution in [1.29, 1.82) is 0 Å². The Morgan fingerprint density at radius 1 is 0.829 bits per heavy atom. The van der Waals surface area contributed by atoms with Crippen molar-refractivity contribution in [2.24, 2.45) is 0 Å². The first-order chi connectivity index (χ1) is 19.9. The van der Waals surface area contributed by atoms with Gasteiger partial charge in [-0.1, -0.05) is 18.2 Å². The SMILES string of the molecule is CCOc1cccc(-c2ccc(C(=O)N3CCN(c4ccc(C(=O)Nc5ccc(OC)cc5)cc4)CC3)cc2F)c1. The number of ether oxygens (including phenoxy) is 2. The fourth-order valence-electron chi connectivity index (χ4n) is 4.85. The monoisotopic (exact) mass is 553 g/mol. The van der Waals surface area contributed by atoms with Gasteiger partial charge in [0.15, 0.2) is 0 Å². The molecule has 4 aromatic rings. The molecule has 0 bridgehead atoms. The average Bonchev–Trinajstić information content (AvgIpc) is 3.01. The number of carbonyl (C=O) groups excluding carboxylic acids is 2. The molecule has 1 heterocycles. The van der Waals surface area contributed by atoms with Crippen molar-refractivity contribution in [1.82, 2.24) is 4.90 Å². The lowest BCUT2D eigenvalue weighted by Crippen LogP contribution is -2.48. The van der Waals surface area contributed by atoms with Crippen molar-refractivity contribution in [3.05, 3.63) is 108 Å². The normalized spacial score (nSPS) is 13.0. The summed E-state index contributed by atoms with van der Waals surface area (Å²) in [5, 5.41) is 2.88. The second kappa shape index (κ2) is 12.6. The van der Waals surface area contributed by atoms with Crippen LogP contribution in [0.3, 0.4) is 0 Å². The number of piperazine rings is 1. The van der Waals surface area contributed by atoms with Crippen LogP contribution in [0.1, 0.15) is 27.6 Å². The van der Waals surface area contributed by atoms with Gasteiger partial charge < -0.3 is 24.6 Å². The van der Waals surface area contributed by atoms with Gasteiger partial charge in [0.2, 0.25) is 0 Å². The van der Waals surface area contributed by atoms with E-state index in [0.29, 0.717) is 66.5 Å². The van der Waals surface area contributed by atoms with Gasteiger partial charge in [0.05, 0.1) is 13.7 Å². The summed E-state index contributed by atoms with van der Waals surface area (Å²) in [6, 6.07) is 26.5. The molecule has 7 nitrogen and oxygen atoms in total. The first-order valence-corrected chi connectivity index (χ1v) is 13.6. The second-order valence-electron chi connectivity index (χ2n) is 9.66. The summed E-state index contributed by atoms with van der Waals surface area (Å²) in [7, 11) is 1.59. The Kier molecular flexibility index (Phi) is 8.48. The molecule has 1 N–H and O–H groups in total. The number of hydrogen-bond acceptors (Lipinski definition) is 5. The highest BCUT2D eigenvalue weighted by molar-refractivity contribution is 6.04. The summed E-state index contributed by atoms with van der Waals surface area (Å²) in [5.74, 6) is 0.563. The van der Waals surface area contributed by atoms with Gasteiger partial charge in [-0.15, -0.1) is 0 Å². The molecule has 2 amide bonds. The molecule has 0 aliphatic carbocycles. The number of benzene rings is 4. The number of nitrogens with zero attached hydrogens (tertiary/aromatic N) is 2. The molecular weight excluding hydrogens is 521 g/mol. The third-order valence-corrected chi connectivity index (χ3v) is 7.08. The fourth-order valence-corrected chi connectivity index (χ4v) is 4.85. The lowest BCUT2D eigenvalue weighted by Gasteiger charge is -2.36. The van der Waals surface area contributed by atoms with E-state index < -0.39 is 5.82 Å². The van der Waals surface area contributed by atoms with Crippen molar-refractivity contribution in [3.63, 3.8) is 0 Å². The first kappa shape index (κ1) is 27.7. The summed E-state index contributed by atoms with van der Waals surface area (Å²) in [5.41, 5.74) is 3.66. The van der Waals surface area contributed by atoms with E-state index >= 15 is 4.39 Å². The van der Waals surface area contributed by atoms with Crippen LogP contribution in [-0.2, 0) is 0 Å². The van der Waals surface area contributed by atoms with Crippen molar-refractivity contribution in [3.8, 4) is 22.6 Å². The second-order valence-corrected chi connectivity index (χ2v) is 9.66. The molecule has 0 atom stereocenters. The van der Waals surface area contributed by atoms with Gasteiger partial charge in [-0.2, -0.15) is 0 Å². The van der Waals surface area contributed by atoms with Gasteiger partial charge in [0.1, 0.15) is 17.3 Å². The third-order valence-electron chi connectivity index (χ3n) is 7.08. The quantitative estimate of drug-likeness (QED) is 0.285. The molecule has 0 aromatic heterocycles. The first-order valence-electron chi connectivity index (χ1n) is 13.6. The molecule has 1 aliphatic heterocycles. The van der Waals surface area contributed by atoms with E-state index in [1.165, 1.54) is 6.07 Å². The Morgan fingerprint density at radius 3 is 2.20 bits per heavy atom. The highest BCUT2D eigenvalue weighted by Crippen LogP contribution is 2.28. The summed E-state index contributed by atoms with van der Waals surface area (Å²) < 4.78 is 25.7. The minimum atomic E-state index is -0.445. The number of nitrogens with one attached hydrogen (secondary N) is 1. The van der Waals surface area contributed by atoms with E-state index in [9.17, 15) is 9.59 Å². The molecule has 1 fully saturated rings. The standard InChI is InChI=1S/C33H32FN3O4/c1-3-41-29-6-4-5-24(21-29)30-16-9-25(22-31(30)34)33(39)37-19-17-36(18-20-37)27-12-7-23(8-13-27)32(38)35-26-10-14-28(40-2)15-11-26/h4-16,21-22H,3,17-20H2,1-2H3,(H,35,38). The molecule has 0 spiro atoms. The topological polar surface area (TPSA) is 71.1 Å². The number of carbonyl (C=O) groups is 2. The summed E-state index contributed by atoms with van der Waals surface area (Å²) in [4.78, 5) is 29.7. The fraction of sp³-hybridized carbons (Fsp3) is 0.212.